The van der Waals surface area contributed by atoms with Crippen LogP contribution in [0.25, 0.3) is 5.69 Å². The van der Waals surface area contributed by atoms with Crippen LogP contribution in [0.3, 0.4) is 0 Å². The van der Waals surface area contributed by atoms with E-state index in [9.17, 15) is 4.79 Å². The molecular weight excluding hydrogens is 252 g/mol. The molecule has 1 heterocycles. The molecule has 1 fully saturated rings. The smallest absolute Gasteiger partial charge is 0.254 e. The molecule has 0 radical (unpaired) electrons. The van der Waals surface area contributed by atoms with Crippen LogP contribution in [0.4, 0.5) is 0 Å². The molecule has 20 heavy (non-hydrogen) atoms. The molecule has 1 aromatic heterocycles. The summed E-state index contributed by atoms with van der Waals surface area (Å²) in [5.74, 6) is 0.0145. The first-order valence-electron chi connectivity index (χ1n) is 6.95. The van der Waals surface area contributed by atoms with Crippen molar-refractivity contribution in [2.45, 2.75) is 18.9 Å². The van der Waals surface area contributed by atoms with Crippen LogP contribution in [0.2, 0.25) is 0 Å². The molecule has 0 atom stereocenters. The van der Waals surface area contributed by atoms with Crippen molar-refractivity contribution in [1.82, 2.24) is 9.47 Å². The summed E-state index contributed by atoms with van der Waals surface area (Å²) in [6, 6.07) is 11.8. The SMILES string of the molecule is O=C(c1ccc(-n2cccc2)cc1)N(CCO)C1CC1. The number of hydrogen-bond donors (Lipinski definition) is 1. The van der Waals surface area contributed by atoms with Crippen LogP contribution in [0.1, 0.15) is 23.2 Å². The van der Waals surface area contributed by atoms with Crippen LogP contribution >= 0.6 is 0 Å². The fourth-order valence-electron chi connectivity index (χ4n) is 2.39. The minimum absolute atomic E-state index is 0.0145. The summed E-state index contributed by atoms with van der Waals surface area (Å²) in [7, 11) is 0. The number of hydrogen-bond acceptors (Lipinski definition) is 2. The molecule has 1 aliphatic carbocycles. The Bertz CT molecular complexity index is 571. The molecule has 3 rings (SSSR count). The van der Waals surface area contributed by atoms with Gasteiger partial charge in [0, 0.05) is 36.2 Å². The van der Waals surface area contributed by atoms with Gasteiger partial charge < -0.3 is 14.6 Å². The minimum atomic E-state index is 0.0145. The average molecular weight is 270 g/mol. The molecule has 1 aromatic carbocycles. The van der Waals surface area contributed by atoms with Gasteiger partial charge in [-0.2, -0.15) is 0 Å². The predicted octanol–water partition coefficient (Wildman–Crippen LogP) is 2.07. The highest BCUT2D eigenvalue weighted by atomic mass is 16.3. The number of aliphatic hydroxyl groups is 1. The van der Waals surface area contributed by atoms with Crippen LogP contribution in [0.5, 0.6) is 0 Å². The zero-order valence-electron chi connectivity index (χ0n) is 11.3. The second-order valence-electron chi connectivity index (χ2n) is 5.09. The summed E-state index contributed by atoms with van der Waals surface area (Å²) < 4.78 is 2.00. The molecule has 1 amide bonds. The van der Waals surface area contributed by atoms with E-state index in [-0.39, 0.29) is 12.5 Å². The van der Waals surface area contributed by atoms with E-state index in [1.807, 2.05) is 53.4 Å². The lowest BCUT2D eigenvalue weighted by Crippen LogP contribution is -2.35. The van der Waals surface area contributed by atoms with Crippen molar-refractivity contribution in [1.29, 1.82) is 0 Å². The molecule has 0 aliphatic heterocycles. The molecule has 1 saturated carbocycles. The first-order valence-corrected chi connectivity index (χ1v) is 6.95. The second kappa shape index (κ2) is 5.51. The van der Waals surface area contributed by atoms with Crippen molar-refractivity contribution < 1.29 is 9.90 Å². The van der Waals surface area contributed by atoms with Crippen molar-refractivity contribution >= 4 is 5.91 Å². The normalized spacial score (nSPS) is 14.2. The van der Waals surface area contributed by atoms with Crippen molar-refractivity contribution in [3.63, 3.8) is 0 Å². The molecule has 4 heteroatoms. The molecule has 1 N–H and O–H groups in total. The molecular formula is C16H18N2O2. The number of benzene rings is 1. The highest BCUT2D eigenvalue weighted by molar-refractivity contribution is 5.94. The monoisotopic (exact) mass is 270 g/mol. The van der Waals surface area contributed by atoms with E-state index in [2.05, 4.69) is 0 Å². The highest BCUT2D eigenvalue weighted by Gasteiger charge is 2.32. The zero-order chi connectivity index (χ0) is 13.9. The van der Waals surface area contributed by atoms with Crippen molar-refractivity contribution in [3.8, 4) is 5.69 Å². The van der Waals surface area contributed by atoms with Crippen LogP contribution in [-0.2, 0) is 0 Å². The predicted molar refractivity (Wildman–Crippen MR) is 76.9 cm³/mol. The Morgan fingerprint density at radius 1 is 1.20 bits per heavy atom. The van der Waals surface area contributed by atoms with Gasteiger partial charge in [0.2, 0.25) is 0 Å². The Kier molecular flexibility index (Phi) is 3.56. The molecule has 0 bridgehead atoms. The van der Waals surface area contributed by atoms with E-state index in [1.54, 1.807) is 4.90 Å². The van der Waals surface area contributed by atoms with E-state index in [0.29, 0.717) is 18.2 Å². The van der Waals surface area contributed by atoms with Crippen LogP contribution in [0.15, 0.2) is 48.8 Å². The average Bonchev–Trinajstić information content (AvgIpc) is 3.17. The van der Waals surface area contributed by atoms with Gasteiger partial charge >= 0.3 is 0 Å². The van der Waals surface area contributed by atoms with Gasteiger partial charge in [-0.15, -0.1) is 0 Å². The van der Waals surface area contributed by atoms with Gasteiger partial charge in [0.05, 0.1) is 6.61 Å². The lowest BCUT2D eigenvalue weighted by atomic mass is 10.1. The van der Waals surface area contributed by atoms with Gasteiger partial charge in [-0.3, -0.25) is 4.79 Å². The molecule has 2 aromatic rings. The fraction of sp³-hybridized carbons (Fsp3) is 0.312. The van der Waals surface area contributed by atoms with Crippen LogP contribution in [0, 0.1) is 0 Å². The van der Waals surface area contributed by atoms with E-state index < -0.39 is 0 Å². The van der Waals surface area contributed by atoms with Gasteiger partial charge in [-0.1, -0.05) is 0 Å². The van der Waals surface area contributed by atoms with Crippen molar-refractivity contribution in [3.05, 3.63) is 54.4 Å². The highest BCUT2D eigenvalue weighted by Crippen LogP contribution is 2.28. The van der Waals surface area contributed by atoms with Gasteiger partial charge in [0.15, 0.2) is 0 Å². The summed E-state index contributed by atoms with van der Waals surface area (Å²) in [5, 5.41) is 9.08. The third kappa shape index (κ3) is 2.60. The van der Waals surface area contributed by atoms with Gasteiger partial charge in [0.1, 0.15) is 0 Å². The standard InChI is InChI=1S/C16H18N2O2/c19-12-11-18(15-7-8-15)16(20)13-3-5-14(6-4-13)17-9-1-2-10-17/h1-6,9-10,15,19H,7-8,11-12H2. The lowest BCUT2D eigenvalue weighted by molar-refractivity contribution is 0.0707. The largest absolute Gasteiger partial charge is 0.395 e. The summed E-state index contributed by atoms with van der Waals surface area (Å²) in [6.07, 6.45) is 6.04. The Balaban J connectivity index is 1.78. The van der Waals surface area contributed by atoms with E-state index in [0.717, 1.165) is 18.5 Å². The number of carbonyl (C=O) groups excluding carboxylic acids is 1. The summed E-state index contributed by atoms with van der Waals surface area (Å²) in [5.41, 5.74) is 1.72. The lowest BCUT2D eigenvalue weighted by Gasteiger charge is -2.21. The first-order chi connectivity index (χ1) is 9.79. The maximum atomic E-state index is 12.4. The van der Waals surface area contributed by atoms with E-state index in [1.165, 1.54) is 0 Å². The maximum absolute atomic E-state index is 12.4. The molecule has 0 spiro atoms. The van der Waals surface area contributed by atoms with Crippen molar-refractivity contribution in [2.75, 3.05) is 13.2 Å². The quantitative estimate of drug-likeness (QED) is 0.904. The molecule has 4 nitrogen and oxygen atoms in total. The fourth-order valence-corrected chi connectivity index (χ4v) is 2.39. The van der Waals surface area contributed by atoms with Crippen molar-refractivity contribution in [2.24, 2.45) is 0 Å². The van der Waals surface area contributed by atoms with Gasteiger partial charge in [-0.05, 0) is 49.2 Å². The first kappa shape index (κ1) is 12.9. The molecule has 104 valence electrons. The second-order valence-corrected chi connectivity index (χ2v) is 5.09. The number of aromatic nitrogens is 1. The molecule has 0 unspecified atom stereocenters. The van der Waals surface area contributed by atoms with E-state index in [4.69, 9.17) is 5.11 Å². The summed E-state index contributed by atoms with van der Waals surface area (Å²) in [6.45, 7) is 0.437. The van der Waals surface area contributed by atoms with Crippen LogP contribution in [-0.4, -0.2) is 39.7 Å². The Morgan fingerprint density at radius 3 is 2.40 bits per heavy atom. The number of aliphatic hydroxyl groups excluding tert-OH is 1. The maximum Gasteiger partial charge on any atom is 0.254 e. The topological polar surface area (TPSA) is 45.5 Å². The molecule has 1 aliphatic rings. The van der Waals surface area contributed by atoms with Gasteiger partial charge in [-0.25, -0.2) is 0 Å². The van der Waals surface area contributed by atoms with E-state index >= 15 is 0 Å². The Morgan fingerprint density at radius 2 is 1.85 bits per heavy atom. The summed E-state index contributed by atoms with van der Waals surface area (Å²) in [4.78, 5) is 14.2. The number of amides is 1. The van der Waals surface area contributed by atoms with Crippen LogP contribution < -0.4 is 0 Å². The Hall–Kier alpha value is -2.07. The number of rotatable bonds is 5. The third-order valence-electron chi connectivity index (χ3n) is 3.61. The third-order valence-corrected chi connectivity index (χ3v) is 3.61. The number of nitrogens with zero attached hydrogens (tertiary/aromatic N) is 2. The Labute approximate surface area is 118 Å². The zero-order valence-corrected chi connectivity index (χ0v) is 11.3. The van der Waals surface area contributed by atoms with Gasteiger partial charge in [0.25, 0.3) is 5.91 Å². The molecule has 0 saturated heterocycles. The minimum Gasteiger partial charge on any atom is -0.395 e. The summed E-state index contributed by atoms with van der Waals surface area (Å²) >= 11 is 0. The number of carbonyl (C=O) groups is 1.